The molecule has 0 spiro atoms. The SMILES string of the molecule is O=C(CSCc1cccc2cc3ccccc3cc12)OC1CCCCO1. The molecule has 1 heterocycles. The van der Waals surface area contributed by atoms with Gasteiger partial charge in [-0.05, 0) is 52.1 Å². The van der Waals surface area contributed by atoms with Gasteiger partial charge in [-0.15, -0.1) is 11.8 Å². The molecule has 0 saturated carbocycles. The summed E-state index contributed by atoms with van der Waals surface area (Å²) in [6.45, 7) is 0.690. The van der Waals surface area contributed by atoms with E-state index in [4.69, 9.17) is 9.47 Å². The summed E-state index contributed by atoms with van der Waals surface area (Å²) in [6.07, 6.45) is 2.58. The highest BCUT2D eigenvalue weighted by Crippen LogP contribution is 2.28. The van der Waals surface area contributed by atoms with Crippen LogP contribution in [-0.2, 0) is 20.0 Å². The fourth-order valence-electron chi connectivity index (χ4n) is 3.39. The number of ether oxygens (including phenoxy) is 2. The summed E-state index contributed by atoms with van der Waals surface area (Å²) >= 11 is 1.59. The number of fused-ring (bicyclic) bond motifs is 2. The zero-order valence-electron chi connectivity index (χ0n) is 14.6. The fourth-order valence-corrected chi connectivity index (χ4v) is 4.19. The first-order valence-electron chi connectivity index (χ1n) is 9.09. The first-order valence-corrected chi connectivity index (χ1v) is 10.2. The minimum absolute atomic E-state index is 0.187. The van der Waals surface area contributed by atoms with Gasteiger partial charge in [0.15, 0.2) is 0 Å². The van der Waals surface area contributed by atoms with Crippen molar-refractivity contribution in [2.75, 3.05) is 12.4 Å². The Morgan fingerprint density at radius 3 is 2.65 bits per heavy atom. The van der Waals surface area contributed by atoms with Gasteiger partial charge in [0.25, 0.3) is 0 Å². The lowest BCUT2D eigenvalue weighted by Crippen LogP contribution is -2.26. The number of esters is 1. The molecule has 1 aliphatic heterocycles. The zero-order valence-corrected chi connectivity index (χ0v) is 15.5. The van der Waals surface area contributed by atoms with Crippen molar-refractivity contribution in [1.29, 1.82) is 0 Å². The minimum atomic E-state index is -0.347. The molecule has 3 aromatic rings. The van der Waals surface area contributed by atoms with Crippen LogP contribution in [0.25, 0.3) is 21.5 Å². The van der Waals surface area contributed by atoms with Crippen molar-refractivity contribution in [3.63, 3.8) is 0 Å². The molecule has 26 heavy (non-hydrogen) atoms. The van der Waals surface area contributed by atoms with Crippen LogP contribution in [0.4, 0.5) is 0 Å². The Morgan fingerprint density at radius 2 is 1.85 bits per heavy atom. The van der Waals surface area contributed by atoms with Gasteiger partial charge in [0, 0.05) is 12.2 Å². The molecule has 134 valence electrons. The second-order valence-corrected chi connectivity index (χ2v) is 7.60. The van der Waals surface area contributed by atoms with E-state index in [0.29, 0.717) is 12.4 Å². The van der Waals surface area contributed by atoms with Crippen LogP contribution in [0.1, 0.15) is 24.8 Å². The summed E-state index contributed by atoms with van der Waals surface area (Å²) in [5.41, 5.74) is 1.25. The minimum Gasteiger partial charge on any atom is -0.435 e. The van der Waals surface area contributed by atoms with E-state index in [1.54, 1.807) is 11.8 Å². The second-order valence-electron chi connectivity index (χ2n) is 6.62. The first kappa shape index (κ1) is 17.4. The molecular weight excluding hydrogens is 344 g/mol. The van der Waals surface area contributed by atoms with Gasteiger partial charge in [-0.2, -0.15) is 0 Å². The molecule has 1 saturated heterocycles. The Labute approximate surface area is 157 Å². The standard InChI is InChI=1S/C22H22O3S/c23-21(25-22-10-3-4-11-24-22)15-26-14-19-9-5-8-18-12-16-6-1-2-7-17(16)13-20(18)19/h1-2,5-9,12-13,22H,3-4,10-11,14-15H2. The molecule has 0 bridgehead atoms. The van der Waals surface area contributed by atoms with E-state index >= 15 is 0 Å². The molecule has 1 aliphatic rings. The Hall–Kier alpha value is -2.04. The predicted octanol–water partition coefficient (Wildman–Crippen LogP) is 5.30. The summed E-state index contributed by atoms with van der Waals surface area (Å²) in [5.74, 6) is 0.952. The van der Waals surface area contributed by atoms with Gasteiger partial charge in [0.05, 0.1) is 12.4 Å². The number of thioether (sulfide) groups is 1. The molecule has 1 atom stereocenters. The van der Waals surface area contributed by atoms with E-state index in [0.717, 1.165) is 25.0 Å². The van der Waals surface area contributed by atoms with Crippen molar-refractivity contribution in [3.05, 3.63) is 60.2 Å². The molecule has 3 aromatic carbocycles. The Bertz CT molecular complexity index is 916. The third kappa shape index (κ3) is 4.02. The second kappa shape index (κ2) is 8.11. The Morgan fingerprint density at radius 1 is 1.04 bits per heavy atom. The van der Waals surface area contributed by atoms with E-state index < -0.39 is 0 Å². The van der Waals surface area contributed by atoms with Gasteiger partial charge in [0.1, 0.15) is 0 Å². The first-order chi connectivity index (χ1) is 12.8. The Kier molecular flexibility index (Phi) is 5.42. The van der Waals surface area contributed by atoms with Crippen LogP contribution in [0.15, 0.2) is 54.6 Å². The number of hydrogen-bond acceptors (Lipinski definition) is 4. The average Bonchev–Trinajstić information content (AvgIpc) is 2.67. The molecule has 0 N–H and O–H groups in total. The van der Waals surface area contributed by atoms with Crippen LogP contribution in [0, 0.1) is 0 Å². The van der Waals surface area contributed by atoms with Crippen molar-refractivity contribution in [3.8, 4) is 0 Å². The molecule has 3 nitrogen and oxygen atoms in total. The number of benzene rings is 3. The van der Waals surface area contributed by atoms with Crippen molar-refractivity contribution >= 4 is 39.3 Å². The van der Waals surface area contributed by atoms with Crippen LogP contribution < -0.4 is 0 Å². The number of hydrogen-bond donors (Lipinski definition) is 0. The van der Waals surface area contributed by atoms with Crippen molar-refractivity contribution in [2.24, 2.45) is 0 Å². The molecule has 0 amide bonds. The van der Waals surface area contributed by atoms with E-state index in [9.17, 15) is 4.79 Å². The summed E-state index contributed by atoms with van der Waals surface area (Å²) in [7, 11) is 0. The van der Waals surface area contributed by atoms with Gasteiger partial charge in [-0.25, -0.2) is 0 Å². The normalized spacial score (nSPS) is 17.5. The molecule has 1 unspecified atom stereocenters. The van der Waals surface area contributed by atoms with Gasteiger partial charge in [-0.1, -0.05) is 42.5 Å². The van der Waals surface area contributed by atoms with Crippen molar-refractivity contribution < 1.29 is 14.3 Å². The summed E-state index contributed by atoms with van der Waals surface area (Å²) in [5, 5.41) is 4.98. The fraction of sp³-hybridized carbons (Fsp3) is 0.318. The summed E-state index contributed by atoms with van der Waals surface area (Å²) in [4.78, 5) is 12.0. The highest BCUT2D eigenvalue weighted by Gasteiger charge is 2.18. The lowest BCUT2D eigenvalue weighted by molar-refractivity contribution is -0.183. The maximum atomic E-state index is 12.0. The van der Waals surface area contributed by atoms with Crippen LogP contribution in [-0.4, -0.2) is 24.6 Å². The quantitative estimate of drug-likeness (QED) is 0.454. The highest BCUT2D eigenvalue weighted by atomic mass is 32.2. The predicted molar refractivity (Wildman–Crippen MR) is 107 cm³/mol. The maximum absolute atomic E-state index is 12.0. The zero-order chi connectivity index (χ0) is 17.8. The van der Waals surface area contributed by atoms with Crippen molar-refractivity contribution in [1.82, 2.24) is 0 Å². The molecular formula is C22H22O3S. The monoisotopic (exact) mass is 366 g/mol. The summed E-state index contributed by atoms with van der Waals surface area (Å²) in [6, 6.07) is 19.2. The topological polar surface area (TPSA) is 35.5 Å². The summed E-state index contributed by atoms with van der Waals surface area (Å²) < 4.78 is 10.9. The largest absolute Gasteiger partial charge is 0.435 e. The lowest BCUT2D eigenvalue weighted by Gasteiger charge is -2.22. The van der Waals surface area contributed by atoms with Crippen LogP contribution in [0.5, 0.6) is 0 Å². The molecule has 0 radical (unpaired) electrons. The van der Waals surface area contributed by atoms with Gasteiger partial charge < -0.3 is 9.47 Å². The van der Waals surface area contributed by atoms with Crippen LogP contribution in [0.2, 0.25) is 0 Å². The van der Waals surface area contributed by atoms with Gasteiger partial charge in [-0.3, -0.25) is 4.79 Å². The Balaban J connectivity index is 1.42. The van der Waals surface area contributed by atoms with E-state index in [1.165, 1.54) is 27.1 Å². The van der Waals surface area contributed by atoms with Crippen LogP contribution in [0.3, 0.4) is 0 Å². The van der Waals surface area contributed by atoms with Crippen LogP contribution >= 0.6 is 11.8 Å². The average molecular weight is 366 g/mol. The third-order valence-electron chi connectivity index (χ3n) is 4.72. The third-order valence-corrected chi connectivity index (χ3v) is 5.67. The molecule has 0 aliphatic carbocycles. The van der Waals surface area contributed by atoms with Crippen molar-refractivity contribution in [2.45, 2.75) is 31.3 Å². The van der Waals surface area contributed by atoms with Gasteiger partial charge in [0.2, 0.25) is 6.29 Å². The van der Waals surface area contributed by atoms with Gasteiger partial charge >= 0.3 is 5.97 Å². The highest BCUT2D eigenvalue weighted by molar-refractivity contribution is 7.99. The molecule has 4 rings (SSSR count). The molecule has 1 fully saturated rings. The molecule has 4 heteroatoms. The van der Waals surface area contributed by atoms with E-state index in [1.807, 2.05) is 0 Å². The number of carbonyl (C=O) groups is 1. The lowest BCUT2D eigenvalue weighted by atomic mass is 10.0. The van der Waals surface area contributed by atoms with E-state index in [-0.39, 0.29) is 12.3 Å². The van der Waals surface area contributed by atoms with E-state index in [2.05, 4.69) is 54.6 Å². The number of carbonyl (C=O) groups excluding carboxylic acids is 1. The maximum Gasteiger partial charge on any atom is 0.318 e. The molecule has 0 aromatic heterocycles. The smallest absolute Gasteiger partial charge is 0.318 e. The number of rotatable bonds is 5.